The smallest absolute Gasteiger partial charge is 0.0682 e. The van der Waals surface area contributed by atoms with Gasteiger partial charge < -0.3 is 10.0 Å². The van der Waals surface area contributed by atoms with Gasteiger partial charge in [0.05, 0.1) is 6.10 Å². The van der Waals surface area contributed by atoms with Gasteiger partial charge in [-0.3, -0.25) is 4.90 Å². The fraction of sp³-hybridized carbons (Fsp3) is 0.692. The first-order chi connectivity index (χ1) is 8.15. The molecular formula is C13H22N2OS. The lowest BCUT2D eigenvalue weighted by Gasteiger charge is -2.26. The van der Waals surface area contributed by atoms with Crippen molar-refractivity contribution in [3.05, 3.63) is 22.4 Å². The van der Waals surface area contributed by atoms with Gasteiger partial charge in [0.25, 0.3) is 0 Å². The van der Waals surface area contributed by atoms with Crippen molar-refractivity contribution in [2.24, 2.45) is 0 Å². The lowest BCUT2D eigenvalue weighted by Crippen LogP contribution is -2.38. The Morgan fingerprint density at radius 1 is 1.53 bits per heavy atom. The molecule has 0 aromatic carbocycles. The predicted octanol–water partition coefficient (Wildman–Crippen LogP) is 1.29. The molecular weight excluding hydrogens is 232 g/mol. The Labute approximate surface area is 108 Å². The molecule has 2 unspecified atom stereocenters. The van der Waals surface area contributed by atoms with Gasteiger partial charge >= 0.3 is 0 Å². The van der Waals surface area contributed by atoms with Crippen molar-refractivity contribution in [1.82, 2.24) is 9.80 Å². The maximum Gasteiger partial charge on any atom is 0.0682 e. The predicted molar refractivity (Wildman–Crippen MR) is 72.6 cm³/mol. The normalized spacial score (nSPS) is 25.9. The average molecular weight is 254 g/mol. The van der Waals surface area contributed by atoms with Gasteiger partial charge in [0.1, 0.15) is 0 Å². The second kappa shape index (κ2) is 5.96. The van der Waals surface area contributed by atoms with Crippen LogP contribution in [0.5, 0.6) is 0 Å². The molecule has 1 N–H and O–H groups in total. The van der Waals surface area contributed by atoms with Crippen molar-refractivity contribution in [3.63, 3.8) is 0 Å². The summed E-state index contributed by atoms with van der Waals surface area (Å²) in [7, 11) is 4.20. The van der Waals surface area contributed by atoms with E-state index in [4.69, 9.17) is 0 Å². The third-order valence-corrected chi connectivity index (χ3v) is 4.24. The van der Waals surface area contributed by atoms with Crippen molar-refractivity contribution >= 4 is 11.3 Å². The Morgan fingerprint density at radius 3 is 3.00 bits per heavy atom. The van der Waals surface area contributed by atoms with Crippen LogP contribution < -0.4 is 0 Å². The van der Waals surface area contributed by atoms with E-state index in [1.165, 1.54) is 4.88 Å². The number of rotatable bonds is 5. The van der Waals surface area contributed by atoms with Crippen molar-refractivity contribution < 1.29 is 5.11 Å². The summed E-state index contributed by atoms with van der Waals surface area (Å²) in [5, 5.41) is 11.9. The molecule has 1 fully saturated rings. The average Bonchev–Trinajstić information content (AvgIpc) is 2.84. The molecule has 17 heavy (non-hydrogen) atoms. The highest BCUT2D eigenvalue weighted by Crippen LogP contribution is 2.19. The summed E-state index contributed by atoms with van der Waals surface area (Å²) in [5.41, 5.74) is 0. The summed E-state index contributed by atoms with van der Waals surface area (Å²) in [4.78, 5) is 6.08. The highest BCUT2D eigenvalue weighted by molar-refractivity contribution is 7.09. The zero-order valence-electron chi connectivity index (χ0n) is 10.7. The highest BCUT2D eigenvalue weighted by atomic mass is 32.1. The number of hydrogen-bond acceptors (Lipinski definition) is 4. The van der Waals surface area contributed by atoms with Crippen LogP contribution in [0.4, 0.5) is 0 Å². The quantitative estimate of drug-likeness (QED) is 0.858. The molecule has 1 aromatic rings. The first-order valence-electron chi connectivity index (χ1n) is 6.24. The monoisotopic (exact) mass is 254 g/mol. The van der Waals surface area contributed by atoms with Gasteiger partial charge in [-0.25, -0.2) is 0 Å². The van der Waals surface area contributed by atoms with Gasteiger partial charge in [0.2, 0.25) is 0 Å². The fourth-order valence-electron chi connectivity index (χ4n) is 2.55. The topological polar surface area (TPSA) is 26.7 Å². The zero-order valence-corrected chi connectivity index (χ0v) is 11.5. The van der Waals surface area contributed by atoms with Crippen LogP contribution >= 0.6 is 11.3 Å². The Hall–Kier alpha value is -0.420. The number of hydrogen-bond donors (Lipinski definition) is 1. The van der Waals surface area contributed by atoms with E-state index in [2.05, 4.69) is 41.4 Å². The molecule has 0 radical (unpaired) electrons. The number of aliphatic hydroxyl groups excluding tert-OH is 1. The van der Waals surface area contributed by atoms with Gasteiger partial charge in [0, 0.05) is 30.6 Å². The lowest BCUT2D eigenvalue weighted by molar-refractivity contribution is 0.173. The summed E-state index contributed by atoms with van der Waals surface area (Å²) in [6.45, 7) is 2.95. The van der Waals surface area contributed by atoms with E-state index < -0.39 is 0 Å². The second-order valence-electron chi connectivity index (χ2n) is 5.13. The minimum atomic E-state index is -0.136. The molecule has 1 aromatic heterocycles. The van der Waals surface area contributed by atoms with E-state index in [9.17, 15) is 5.11 Å². The molecule has 0 amide bonds. The standard InChI is InChI=1S/C13H22N2OS/c1-14(2)9-11-8-12(16)10-15(11)6-5-13-4-3-7-17-13/h3-4,7,11-12,16H,5-6,8-10H2,1-2H3. The fourth-order valence-corrected chi connectivity index (χ4v) is 3.25. The van der Waals surface area contributed by atoms with E-state index in [0.29, 0.717) is 6.04 Å². The zero-order chi connectivity index (χ0) is 12.3. The first kappa shape index (κ1) is 13.0. The number of likely N-dealkylation sites (N-methyl/N-ethyl adjacent to an activating group) is 1. The number of likely N-dealkylation sites (tertiary alicyclic amines) is 1. The number of β-amino-alcohol motifs (C(OH)–C–C–N with tert-alkyl or cyclic N) is 1. The largest absolute Gasteiger partial charge is 0.392 e. The summed E-state index contributed by atoms with van der Waals surface area (Å²) in [5.74, 6) is 0. The molecule has 2 heterocycles. The van der Waals surface area contributed by atoms with E-state index in [-0.39, 0.29) is 6.10 Å². The van der Waals surface area contributed by atoms with Crippen molar-refractivity contribution in [3.8, 4) is 0 Å². The van der Waals surface area contributed by atoms with Crippen LogP contribution in [0.1, 0.15) is 11.3 Å². The molecule has 2 atom stereocenters. The van der Waals surface area contributed by atoms with Crippen LogP contribution in [0, 0.1) is 0 Å². The Balaban J connectivity index is 1.85. The molecule has 1 saturated heterocycles. The van der Waals surface area contributed by atoms with Gasteiger partial charge in [-0.1, -0.05) is 6.07 Å². The molecule has 1 aliphatic heterocycles. The van der Waals surface area contributed by atoms with Crippen molar-refractivity contribution in [1.29, 1.82) is 0 Å². The highest BCUT2D eigenvalue weighted by Gasteiger charge is 2.30. The van der Waals surface area contributed by atoms with Crippen LogP contribution in [0.25, 0.3) is 0 Å². The molecule has 0 saturated carbocycles. The van der Waals surface area contributed by atoms with Crippen LogP contribution in [0.3, 0.4) is 0 Å². The number of nitrogens with zero attached hydrogens (tertiary/aromatic N) is 2. The Morgan fingerprint density at radius 2 is 2.35 bits per heavy atom. The van der Waals surface area contributed by atoms with E-state index in [1.54, 1.807) is 0 Å². The van der Waals surface area contributed by atoms with Gasteiger partial charge in [0.15, 0.2) is 0 Å². The third kappa shape index (κ3) is 3.78. The van der Waals surface area contributed by atoms with Crippen LogP contribution in [-0.4, -0.2) is 60.8 Å². The SMILES string of the molecule is CN(C)CC1CC(O)CN1CCc1cccs1. The van der Waals surface area contributed by atoms with Crippen LogP contribution in [-0.2, 0) is 6.42 Å². The Bertz CT molecular complexity index is 326. The molecule has 96 valence electrons. The van der Waals surface area contributed by atoms with E-state index in [0.717, 1.165) is 32.5 Å². The minimum absolute atomic E-state index is 0.136. The lowest BCUT2D eigenvalue weighted by atomic mass is 10.2. The molecule has 3 nitrogen and oxygen atoms in total. The summed E-state index contributed by atoms with van der Waals surface area (Å²) in [6, 6.07) is 4.81. The Kier molecular flexibility index (Phi) is 4.56. The van der Waals surface area contributed by atoms with Gasteiger partial charge in [-0.15, -0.1) is 11.3 Å². The molecule has 1 aliphatic rings. The van der Waals surface area contributed by atoms with Gasteiger partial charge in [-0.2, -0.15) is 0 Å². The maximum atomic E-state index is 9.78. The third-order valence-electron chi connectivity index (χ3n) is 3.31. The molecule has 0 spiro atoms. The molecule has 2 rings (SSSR count). The maximum absolute atomic E-state index is 9.78. The minimum Gasteiger partial charge on any atom is -0.392 e. The van der Waals surface area contributed by atoms with Gasteiger partial charge in [-0.05, 0) is 38.4 Å². The summed E-state index contributed by atoms with van der Waals surface area (Å²) in [6.07, 6.45) is 1.89. The second-order valence-corrected chi connectivity index (χ2v) is 6.16. The number of aliphatic hydroxyl groups is 1. The molecule has 4 heteroatoms. The first-order valence-corrected chi connectivity index (χ1v) is 7.12. The van der Waals surface area contributed by atoms with Crippen LogP contribution in [0.2, 0.25) is 0 Å². The van der Waals surface area contributed by atoms with Crippen LogP contribution in [0.15, 0.2) is 17.5 Å². The molecule has 0 bridgehead atoms. The molecule has 0 aliphatic carbocycles. The van der Waals surface area contributed by atoms with Crippen molar-refractivity contribution in [2.45, 2.75) is 25.0 Å². The summed E-state index contributed by atoms with van der Waals surface area (Å²) < 4.78 is 0. The summed E-state index contributed by atoms with van der Waals surface area (Å²) >= 11 is 1.82. The van der Waals surface area contributed by atoms with E-state index >= 15 is 0 Å². The number of thiophene rings is 1. The van der Waals surface area contributed by atoms with E-state index in [1.807, 2.05) is 11.3 Å². The van der Waals surface area contributed by atoms with Crippen molar-refractivity contribution in [2.75, 3.05) is 33.7 Å².